The van der Waals surface area contributed by atoms with Crippen LogP contribution in [-0.2, 0) is 6.61 Å². The van der Waals surface area contributed by atoms with Gasteiger partial charge >= 0.3 is 0 Å². The Bertz CT molecular complexity index is 934. The summed E-state index contributed by atoms with van der Waals surface area (Å²) in [7, 11) is 0. The topological polar surface area (TPSA) is 26.3 Å². The summed E-state index contributed by atoms with van der Waals surface area (Å²) in [6.07, 6.45) is 3.25. The van der Waals surface area contributed by atoms with Crippen LogP contribution in [0, 0.1) is 0 Å². The highest BCUT2D eigenvalue weighted by atomic mass is 35.5. The number of ketones is 1. The third-order valence-corrected chi connectivity index (χ3v) is 4.51. The molecule has 0 heterocycles. The summed E-state index contributed by atoms with van der Waals surface area (Å²) in [6.45, 7) is 0.465. The van der Waals surface area contributed by atoms with E-state index in [-0.39, 0.29) is 5.78 Å². The molecule has 26 heavy (non-hydrogen) atoms. The Labute approximate surface area is 162 Å². The molecule has 0 amide bonds. The van der Waals surface area contributed by atoms with Crippen molar-refractivity contribution in [1.82, 2.24) is 0 Å². The predicted octanol–water partition coefficient (Wildman–Crippen LogP) is 6.47. The van der Waals surface area contributed by atoms with Gasteiger partial charge in [-0.15, -0.1) is 0 Å². The molecular weight excluding hydrogens is 367 g/mol. The predicted molar refractivity (Wildman–Crippen MR) is 107 cm³/mol. The normalized spacial score (nSPS) is 10.8. The van der Waals surface area contributed by atoms with Gasteiger partial charge in [0, 0.05) is 11.1 Å². The number of ether oxygens (including phenoxy) is 1. The van der Waals surface area contributed by atoms with Gasteiger partial charge in [-0.25, -0.2) is 0 Å². The van der Waals surface area contributed by atoms with E-state index in [9.17, 15) is 4.79 Å². The van der Waals surface area contributed by atoms with Crippen molar-refractivity contribution in [2.24, 2.45) is 0 Å². The quantitative estimate of drug-likeness (QED) is 0.360. The Kier molecular flexibility index (Phi) is 6.11. The van der Waals surface area contributed by atoms with Crippen LogP contribution in [0.3, 0.4) is 0 Å². The number of hydrogen-bond donors (Lipinski definition) is 0. The lowest BCUT2D eigenvalue weighted by Crippen LogP contribution is -1.97. The SMILES string of the molecule is O=C(/C=C/c1ccccc1OCc1ccccc1)c1ccc(Cl)c(Cl)c1. The molecule has 0 spiro atoms. The first-order valence-electron chi connectivity index (χ1n) is 8.07. The molecule has 0 N–H and O–H groups in total. The van der Waals surface area contributed by atoms with Gasteiger partial charge in [0.2, 0.25) is 0 Å². The zero-order valence-electron chi connectivity index (χ0n) is 13.9. The highest BCUT2D eigenvalue weighted by Crippen LogP contribution is 2.24. The van der Waals surface area contributed by atoms with Crippen molar-refractivity contribution in [1.29, 1.82) is 0 Å². The van der Waals surface area contributed by atoms with Crippen LogP contribution < -0.4 is 4.74 Å². The van der Waals surface area contributed by atoms with Gasteiger partial charge in [0.1, 0.15) is 12.4 Å². The Morgan fingerprint density at radius 1 is 0.885 bits per heavy atom. The van der Waals surface area contributed by atoms with E-state index in [0.29, 0.717) is 22.2 Å². The maximum atomic E-state index is 12.3. The first kappa shape index (κ1) is 18.2. The highest BCUT2D eigenvalue weighted by Gasteiger charge is 2.06. The van der Waals surface area contributed by atoms with Crippen LogP contribution in [0.5, 0.6) is 5.75 Å². The van der Waals surface area contributed by atoms with Gasteiger partial charge in [-0.2, -0.15) is 0 Å². The Hall–Kier alpha value is -2.55. The molecule has 0 aromatic heterocycles. The smallest absolute Gasteiger partial charge is 0.185 e. The molecule has 0 fully saturated rings. The van der Waals surface area contributed by atoms with Crippen molar-refractivity contribution in [3.8, 4) is 5.75 Å². The second-order valence-corrected chi connectivity index (χ2v) is 6.45. The maximum absolute atomic E-state index is 12.3. The number of hydrogen-bond acceptors (Lipinski definition) is 2. The summed E-state index contributed by atoms with van der Waals surface area (Å²) in [4.78, 5) is 12.3. The number of rotatable bonds is 6. The number of benzene rings is 3. The van der Waals surface area contributed by atoms with E-state index < -0.39 is 0 Å². The van der Waals surface area contributed by atoms with Gasteiger partial charge in [0.15, 0.2) is 5.78 Å². The summed E-state index contributed by atoms with van der Waals surface area (Å²) < 4.78 is 5.89. The van der Waals surface area contributed by atoms with Crippen LogP contribution in [-0.4, -0.2) is 5.78 Å². The van der Waals surface area contributed by atoms with Gasteiger partial charge in [-0.05, 0) is 42.0 Å². The summed E-state index contributed by atoms with van der Waals surface area (Å²) in [5, 5.41) is 0.782. The molecule has 3 aromatic rings. The lowest BCUT2D eigenvalue weighted by Gasteiger charge is -2.09. The number of halogens is 2. The lowest BCUT2D eigenvalue weighted by atomic mass is 10.1. The van der Waals surface area contributed by atoms with Crippen LogP contribution in [0.1, 0.15) is 21.5 Å². The fraction of sp³-hybridized carbons (Fsp3) is 0.0455. The van der Waals surface area contributed by atoms with Crippen molar-refractivity contribution >= 4 is 35.1 Å². The van der Waals surface area contributed by atoms with Crippen LogP contribution in [0.2, 0.25) is 10.0 Å². The Balaban J connectivity index is 1.73. The molecule has 0 unspecified atom stereocenters. The molecule has 0 aliphatic carbocycles. The van der Waals surface area contributed by atoms with E-state index in [4.69, 9.17) is 27.9 Å². The first-order valence-corrected chi connectivity index (χ1v) is 8.82. The van der Waals surface area contributed by atoms with Crippen molar-refractivity contribution < 1.29 is 9.53 Å². The molecule has 0 aliphatic heterocycles. The van der Waals surface area contributed by atoms with Gasteiger partial charge in [0.05, 0.1) is 10.0 Å². The Morgan fingerprint density at radius 3 is 2.38 bits per heavy atom. The molecular formula is C22H16Cl2O2. The van der Waals surface area contributed by atoms with E-state index >= 15 is 0 Å². The number of carbonyl (C=O) groups is 1. The molecule has 2 nitrogen and oxygen atoms in total. The molecule has 3 rings (SSSR count). The van der Waals surface area contributed by atoms with E-state index in [1.165, 1.54) is 6.08 Å². The van der Waals surface area contributed by atoms with Gasteiger partial charge in [-0.3, -0.25) is 4.79 Å². The maximum Gasteiger partial charge on any atom is 0.185 e. The van der Waals surface area contributed by atoms with Crippen molar-refractivity contribution in [2.75, 3.05) is 0 Å². The standard InChI is InChI=1S/C22H16Cl2O2/c23-19-12-10-18(14-20(19)24)21(25)13-11-17-8-4-5-9-22(17)26-15-16-6-2-1-3-7-16/h1-14H,15H2/b13-11+. The fourth-order valence-electron chi connectivity index (χ4n) is 2.40. The summed E-state index contributed by atoms with van der Waals surface area (Å²) in [5.74, 6) is 0.566. The van der Waals surface area contributed by atoms with Crippen LogP contribution in [0.15, 0.2) is 78.9 Å². The van der Waals surface area contributed by atoms with E-state index in [1.807, 2.05) is 54.6 Å². The van der Waals surface area contributed by atoms with E-state index in [2.05, 4.69) is 0 Å². The minimum Gasteiger partial charge on any atom is -0.488 e. The van der Waals surface area contributed by atoms with Crippen LogP contribution in [0.25, 0.3) is 6.08 Å². The fourth-order valence-corrected chi connectivity index (χ4v) is 2.69. The average molecular weight is 383 g/mol. The van der Waals surface area contributed by atoms with E-state index in [1.54, 1.807) is 24.3 Å². The molecule has 0 saturated carbocycles. The van der Waals surface area contributed by atoms with Crippen molar-refractivity contribution in [3.63, 3.8) is 0 Å². The summed E-state index contributed by atoms with van der Waals surface area (Å²) in [5.41, 5.74) is 2.40. The number of allylic oxidation sites excluding steroid dienone is 1. The average Bonchev–Trinajstić information content (AvgIpc) is 2.68. The van der Waals surface area contributed by atoms with Crippen molar-refractivity contribution in [2.45, 2.75) is 6.61 Å². The third-order valence-electron chi connectivity index (χ3n) is 3.77. The minimum atomic E-state index is -0.151. The lowest BCUT2D eigenvalue weighted by molar-refractivity contribution is 0.104. The molecule has 0 saturated heterocycles. The van der Waals surface area contributed by atoms with Crippen LogP contribution >= 0.6 is 23.2 Å². The van der Waals surface area contributed by atoms with Gasteiger partial charge in [-0.1, -0.05) is 71.7 Å². The number of para-hydroxylation sites is 1. The zero-order valence-corrected chi connectivity index (χ0v) is 15.4. The zero-order chi connectivity index (χ0) is 18.4. The largest absolute Gasteiger partial charge is 0.488 e. The summed E-state index contributed by atoms with van der Waals surface area (Å²) >= 11 is 11.9. The van der Waals surface area contributed by atoms with E-state index in [0.717, 1.165) is 16.9 Å². The molecule has 0 radical (unpaired) electrons. The molecule has 0 bridgehead atoms. The highest BCUT2D eigenvalue weighted by molar-refractivity contribution is 6.42. The molecule has 4 heteroatoms. The Morgan fingerprint density at radius 2 is 1.62 bits per heavy atom. The minimum absolute atomic E-state index is 0.151. The second-order valence-electron chi connectivity index (χ2n) is 5.64. The van der Waals surface area contributed by atoms with Crippen molar-refractivity contribution in [3.05, 3.63) is 106 Å². The monoisotopic (exact) mass is 382 g/mol. The van der Waals surface area contributed by atoms with Gasteiger partial charge < -0.3 is 4.74 Å². The molecule has 0 aliphatic rings. The number of carbonyl (C=O) groups excluding carboxylic acids is 1. The third kappa shape index (κ3) is 4.75. The molecule has 0 atom stereocenters. The van der Waals surface area contributed by atoms with Gasteiger partial charge in [0.25, 0.3) is 0 Å². The molecule has 130 valence electrons. The second kappa shape index (κ2) is 8.70. The first-order chi connectivity index (χ1) is 12.6. The summed E-state index contributed by atoms with van der Waals surface area (Å²) in [6, 6.07) is 22.3. The molecule has 3 aromatic carbocycles. The van der Waals surface area contributed by atoms with Crippen LogP contribution in [0.4, 0.5) is 0 Å².